The van der Waals surface area contributed by atoms with Gasteiger partial charge in [-0.25, -0.2) is 0 Å². The predicted molar refractivity (Wildman–Crippen MR) is 46.5 cm³/mol. The Balaban J connectivity index is 2.28. The molecule has 1 rings (SSSR count). The van der Waals surface area contributed by atoms with Crippen LogP contribution in [0.2, 0.25) is 0 Å². The van der Waals surface area contributed by atoms with Crippen molar-refractivity contribution >= 4 is 10.5 Å². The average molecular weight is 163 g/mol. The first-order valence-electron chi connectivity index (χ1n) is 3.76. The topological polar surface area (TPSA) is 9.23 Å². The number of hydrogen-bond acceptors (Lipinski definition) is 1. The van der Waals surface area contributed by atoms with Gasteiger partial charge >= 0.3 is 0 Å². The number of rotatable bonds is 4. The van der Waals surface area contributed by atoms with Crippen molar-refractivity contribution in [1.29, 1.82) is 0 Å². The lowest BCUT2D eigenvalue weighted by atomic mass is 10.1. The largest absolute Gasteiger partial charge is 0.419 e. The van der Waals surface area contributed by atoms with Crippen LogP contribution in [0.5, 0.6) is 0 Å². The van der Waals surface area contributed by atoms with Crippen LogP contribution in [-0.2, 0) is 10.8 Å². The summed E-state index contributed by atoms with van der Waals surface area (Å²) in [7, 11) is 2.97. The lowest BCUT2D eigenvalue weighted by molar-refractivity contribution is 0.341. The molecule has 0 fully saturated rings. The van der Waals surface area contributed by atoms with Gasteiger partial charge in [0.25, 0.3) is 0 Å². The van der Waals surface area contributed by atoms with Gasteiger partial charge in [0.1, 0.15) is 0 Å². The molecule has 1 aromatic carbocycles. The van der Waals surface area contributed by atoms with Gasteiger partial charge < -0.3 is 4.43 Å². The molecule has 0 aliphatic heterocycles. The fourth-order valence-corrected chi connectivity index (χ4v) is 1.14. The van der Waals surface area contributed by atoms with Crippen molar-refractivity contribution in [2.24, 2.45) is 0 Å². The normalized spacial score (nSPS) is 9.91. The quantitative estimate of drug-likeness (QED) is 0.485. The van der Waals surface area contributed by atoms with Crippen LogP contribution in [0, 0.1) is 0 Å². The number of hydrogen-bond donors (Lipinski definition) is 0. The Bertz CT molecular complexity index is 186. The zero-order chi connectivity index (χ0) is 7.94. The lowest BCUT2D eigenvalue weighted by Crippen LogP contribution is -1.92. The van der Waals surface area contributed by atoms with E-state index in [1.807, 2.05) is 6.07 Å². The molecule has 0 bridgehead atoms. The summed E-state index contributed by atoms with van der Waals surface area (Å²) in [6.45, 7) is 0.770. The maximum Gasteiger partial charge on any atom is 0.246 e. The first-order valence-corrected chi connectivity index (χ1v) is 4.17. The monoisotopic (exact) mass is 163 g/mol. The van der Waals surface area contributed by atoms with Gasteiger partial charge in [-0.2, -0.15) is 0 Å². The van der Waals surface area contributed by atoms with Gasteiger partial charge in [0.2, 0.25) is 10.5 Å². The van der Waals surface area contributed by atoms with Crippen molar-refractivity contribution in [3.05, 3.63) is 35.9 Å². The number of benzene rings is 1. The molecule has 0 heterocycles. The Morgan fingerprint density at radius 2 is 1.91 bits per heavy atom. The molecule has 0 aliphatic rings. The van der Waals surface area contributed by atoms with E-state index in [9.17, 15) is 0 Å². The van der Waals surface area contributed by atoms with E-state index < -0.39 is 0 Å². The van der Waals surface area contributed by atoms with Crippen LogP contribution in [0.15, 0.2) is 30.3 Å². The molecule has 0 amide bonds. The molecule has 0 spiro atoms. The third-order valence-electron chi connectivity index (χ3n) is 1.55. The van der Waals surface area contributed by atoms with Crippen molar-refractivity contribution < 1.29 is 4.43 Å². The number of aryl methyl sites for hydroxylation is 1. The minimum Gasteiger partial charge on any atom is -0.419 e. The molecular formula is C9H11OSi. The smallest absolute Gasteiger partial charge is 0.246 e. The van der Waals surface area contributed by atoms with E-state index in [1.54, 1.807) is 0 Å². The summed E-state index contributed by atoms with van der Waals surface area (Å²) in [4.78, 5) is 0. The minimum atomic E-state index is 0.770. The first-order chi connectivity index (χ1) is 5.43. The maximum absolute atomic E-state index is 4.77. The summed E-state index contributed by atoms with van der Waals surface area (Å²) in [5.41, 5.74) is 1.37. The molecule has 11 heavy (non-hydrogen) atoms. The van der Waals surface area contributed by atoms with Gasteiger partial charge in [0.15, 0.2) is 0 Å². The second-order valence-electron chi connectivity index (χ2n) is 2.44. The van der Waals surface area contributed by atoms with Gasteiger partial charge in [-0.05, 0) is 18.4 Å². The first kappa shape index (κ1) is 8.49. The van der Waals surface area contributed by atoms with E-state index >= 15 is 0 Å². The summed E-state index contributed by atoms with van der Waals surface area (Å²) in [6.07, 6.45) is 2.15. The summed E-state index contributed by atoms with van der Waals surface area (Å²) in [5.74, 6) is 0. The van der Waals surface area contributed by atoms with Gasteiger partial charge in [-0.1, -0.05) is 30.3 Å². The van der Waals surface area contributed by atoms with Crippen LogP contribution in [0.4, 0.5) is 0 Å². The Morgan fingerprint density at radius 1 is 1.18 bits per heavy atom. The summed E-state index contributed by atoms with van der Waals surface area (Å²) < 4.78 is 4.77. The van der Waals surface area contributed by atoms with Gasteiger partial charge in [0.05, 0.1) is 0 Å². The van der Waals surface area contributed by atoms with E-state index in [-0.39, 0.29) is 0 Å². The standard InChI is InChI=1S/C9H11OSi/c11-10-8-4-7-9-5-2-1-3-6-9/h1-3,5-6H,4,7-8H2. The molecule has 1 nitrogen and oxygen atoms in total. The maximum atomic E-state index is 4.77. The second-order valence-corrected chi connectivity index (χ2v) is 2.73. The van der Waals surface area contributed by atoms with Crippen molar-refractivity contribution in [3.63, 3.8) is 0 Å². The highest BCUT2D eigenvalue weighted by molar-refractivity contribution is 5.97. The van der Waals surface area contributed by atoms with E-state index in [0.717, 1.165) is 19.4 Å². The molecule has 0 aromatic heterocycles. The van der Waals surface area contributed by atoms with E-state index in [0.29, 0.717) is 0 Å². The highest BCUT2D eigenvalue weighted by Gasteiger charge is 1.89. The molecule has 0 saturated heterocycles. The van der Waals surface area contributed by atoms with Crippen LogP contribution in [0.3, 0.4) is 0 Å². The predicted octanol–water partition coefficient (Wildman–Crippen LogP) is 1.72. The van der Waals surface area contributed by atoms with E-state index in [4.69, 9.17) is 4.43 Å². The van der Waals surface area contributed by atoms with Crippen LogP contribution in [0.1, 0.15) is 12.0 Å². The van der Waals surface area contributed by atoms with Crippen LogP contribution >= 0.6 is 0 Å². The molecule has 3 radical (unpaired) electrons. The summed E-state index contributed by atoms with van der Waals surface area (Å²) in [5, 5.41) is 0. The minimum absolute atomic E-state index is 0.770. The Morgan fingerprint density at radius 3 is 2.55 bits per heavy atom. The van der Waals surface area contributed by atoms with Crippen LogP contribution in [-0.4, -0.2) is 17.1 Å². The zero-order valence-electron chi connectivity index (χ0n) is 6.42. The molecule has 2 heteroatoms. The Kier molecular flexibility index (Phi) is 3.94. The third-order valence-corrected chi connectivity index (χ3v) is 1.76. The van der Waals surface area contributed by atoms with Gasteiger partial charge in [-0.3, -0.25) is 0 Å². The summed E-state index contributed by atoms with van der Waals surface area (Å²) in [6, 6.07) is 10.4. The third kappa shape index (κ3) is 3.35. The molecule has 1 aromatic rings. The molecule has 0 aliphatic carbocycles. The average Bonchev–Trinajstić information content (AvgIpc) is 2.07. The van der Waals surface area contributed by atoms with E-state index in [2.05, 4.69) is 34.8 Å². The van der Waals surface area contributed by atoms with E-state index in [1.165, 1.54) is 5.56 Å². The molecule has 0 unspecified atom stereocenters. The van der Waals surface area contributed by atoms with Crippen LogP contribution in [0.25, 0.3) is 0 Å². The fourth-order valence-electron chi connectivity index (χ4n) is 0.993. The van der Waals surface area contributed by atoms with Crippen molar-refractivity contribution in [1.82, 2.24) is 0 Å². The SMILES string of the molecule is [Si]OCCCc1ccccc1. The molecule has 0 N–H and O–H groups in total. The van der Waals surface area contributed by atoms with Gasteiger partial charge in [-0.15, -0.1) is 0 Å². The zero-order valence-corrected chi connectivity index (χ0v) is 7.42. The summed E-state index contributed by atoms with van der Waals surface area (Å²) >= 11 is 0. The second kappa shape index (κ2) is 5.10. The highest BCUT2D eigenvalue weighted by Crippen LogP contribution is 2.01. The lowest BCUT2D eigenvalue weighted by Gasteiger charge is -1.98. The highest BCUT2D eigenvalue weighted by atomic mass is 28.2. The van der Waals surface area contributed by atoms with Gasteiger partial charge in [0, 0.05) is 6.61 Å². The van der Waals surface area contributed by atoms with Crippen molar-refractivity contribution in [3.8, 4) is 0 Å². The molecule has 57 valence electrons. The molecule has 0 atom stereocenters. The Hall–Kier alpha value is -0.603. The van der Waals surface area contributed by atoms with Crippen LogP contribution < -0.4 is 0 Å². The fraction of sp³-hybridized carbons (Fsp3) is 0.333. The molecule has 0 saturated carbocycles. The van der Waals surface area contributed by atoms with Crippen molar-refractivity contribution in [2.75, 3.05) is 6.61 Å². The van der Waals surface area contributed by atoms with Crippen molar-refractivity contribution in [2.45, 2.75) is 12.8 Å². The Labute approximate surface area is 70.9 Å². The molecular weight excluding hydrogens is 152 g/mol.